The summed E-state index contributed by atoms with van der Waals surface area (Å²) in [5.74, 6) is 1.10. The van der Waals surface area contributed by atoms with Crippen molar-refractivity contribution in [1.29, 1.82) is 0 Å². The van der Waals surface area contributed by atoms with E-state index in [4.69, 9.17) is 14.5 Å². The number of rotatable bonds is 5. The van der Waals surface area contributed by atoms with Gasteiger partial charge in [-0.15, -0.1) is 0 Å². The van der Waals surface area contributed by atoms with Crippen LogP contribution in [-0.4, -0.2) is 43.6 Å². The van der Waals surface area contributed by atoms with Gasteiger partial charge in [-0.25, -0.2) is 9.97 Å². The molecule has 1 N–H and O–H groups in total. The minimum atomic E-state index is 0.146. The summed E-state index contributed by atoms with van der Waals surface area (Å²) in [5.41, 5.74) is 3.87. The second kappa shape index (κ2) is 6.88. The van der Waals surface area contributed by atoms with Crippen LogP contribution < -0.4 is 9.47 Å². The fourth-order valence-corrected chi connectivity index (χ4v) is 3.29. The van der Waals surface area contributed by atoms with Crippen molar-refractivity contribution in [2.75, 3.05) is 14.2 Å². The van der Waals surface area contributed by atoms with Gasteiger partial charge in [0.1, 0.15) is 0 Å². The van der Waals surface area contributed by atoms with Crippen LogP contribution >= 0.6 is 0 Å². The fourth-order valence-electron chi connectivity index (χ4n) is 3.29. The van der Waals surface area contributed by atoms with Crippen molar-refractivity contribution in [2.45, 2.75) is 20.4 Å². The SMILES string of the molecule is CCn1cc(-n2c(O)c3ccc(-c4cnc(OC)c(OC)c4)nc3c2C)cn1. The topological polar surface area (TPSA) is 87.2 Å². The Bertz CT molecular complexity index is 1160. The summed E-state index contributed by atoms with van der Waals surface area (Å²) in [6.07, 6.45) is 5.31. The molecule has 0 bridgehead atoms. The number of pyridine rings is 2. The van der Waals surface area contributed by atoms with E-state index in [2.05, 4.69) is 10.1 Å². The number of hydrogen-bond donors (Lipinski definition) is 1. The molecule has 0 radical (unpaired) electrons. The third-order valence-electron chi connectivity index (χ3n) is 4.76. The zero-order chi connectivity index (χ0) is 19.8. The average molecular weight is 379 g/mol. The Hall–Kier alpha value is -3.55. The predicted molar refractivity (Wildman–Crippen MR) is 105 cm³/mol. The summed E-state index contributed by atoms with van der Waals surface area (Å²) >= 11 is 0. The van der Waals surface area contributed by atoms with E-state index in [1.54, 1.807) is 31.2 Å². The van der Waals surface area contributed by atoms with Gasteiger partial charge >= 0.3 is 0 Å². The molecule has 4 aromatic heterocycles. The molecule has 0 saturated heterocycles. The van der Waals surface area contributed by atoms with Crippen LogP contribution in [0.5, 0.6) is 17.5 Å². The van der Waals surface area contributed by atoms with E-state index in [0.717, 1.165) is 29.2 Å². The molecular formula is C20H21N5O3. The molecule has 0 amide bonds. The lowest BCUT2D eigenvalue weighted by Gasteiger charge is -2.08. The molecule has 0 aliphatic rings. The minimum Gasteiger partial charge on any atom is -0.494 e. The van der Waals surface area contributed by atoms with Crippen LogP contribution in [0.1, 0.15) is 12.6 Å². The molecule has 0 atom stereocenters. The average Bonchev–Trinajstić information content (AvgIpc) is 3.30. The largest absolute Gasteiger partial charge is 0.494 e. The monoisotopic (exact) mass is 379 g/mol. The van der Waals surface area contributed by atoms with Crippen molar-refractivity contribution in [3.8, 4) is 34.5 Å². The third kappa shape index (κ3) is 2.74. The van der Waals surface area contributed by atoms with Crippen molar-refractivity contribution in [3.05, 3.63) is 42.5 Å². The maximum absolute atomic E-state index is 10.8. The Morgan fingerprint density at radius 2 is 1.96 bits per heavy atom. The number of hydrogen-bond acceptors (Lipinski definition) is 6. The van der Waals surface area contributed by atoms with Gasteiger partial charge in [0.05, 0.1) is 42.7 Å². The second-order valence-corrected chi connectivity index (χ2v) is 6.33. The lowest BCUT2D eigenvalue weighted by atomic mass is 10.1. The Labute approximate surface area is 162 Å². The fraction of sp³-hybridized carbons (Fsp3) is 0.250. The highest BCUT2D eigenvalue weighted by Crippen LogP contribution is 2.35. The molecule has 4 aromatic rings. The van der Waals surface area contributed by atoms with Gasteiger partial charge in [0.25, 0.3) is 5.88 Å². The molecule has 0 fully saturated rings. The van der Waals surface area contributed by atoms with Crippen molar-refractivity contribution >= 4 is 10.9 Å². The van der Waals surface area contributed by atoms with Gasteiger partial charge in [-0.2, -0.15) is 5.10 Å². The van der Waals surface area contributed by atoms with E-state index < -0.39 is 0 Å². The lowest BCUT2D eigenvalue weighted by molar-refractivity contribution is 0.343. The van der Waals surface area contributed by atoms with Crippen LogP contribution in [0.15, 0.2) is 36.8 Å². The standard InChI is InChI=1S/C20H21N5O3/c1-5-24-11-14(10-22-24)25-12(2)18-15(20(25)26)6-7-16(23-18)13-8-17(27-3)19(28-4)21-9-13/h6-11,26H,5H2,1-4H3. The highest BCUT2D eigenvalue weighted by Gasteiger charge is 2.18. The van der Waals surface area contributed by atoms with Crippen molar-refractivity contribution in [2.24, 2.45) is 0 Å². The minimum absolute atomic E-state index is 0.146. The van der Waals surface area contributed by atoms with E-state index >= 15 is 0 Å². The molecule has 8 heteroatoms. The lowest BCUT2D eigenvalue weighted by Crippen LogP contribution is -1.96. The second-order valence-electron chi connectivity index (χ2n) is 6.33. The third-order valence-corrected chi connectivity index (χ3v) is 4.76. The molecule has 8 nitrogen and oxygen atoms in total. The summed E-state index contributed by atoms with van der Waals surface area (Å²) in [5, 5.41) is 15.7. The molecule has 0 unspecified atom stereocenters. The normalized spacial score (nSPS) is 11.1. The Morgan fingerprint density at radius 1 is 1.14 bits per heavy atom. The molecular weight excluding hydrogens is 358 g/mol. The van der Waals surface area contributed by atoms with E-state index in [9.17, 15) is 5.11 Å². The van der Waals surface area contributed by atoms with E-state index in [1.165, 1.54) is 0 Å². The van der Waals surface area contributed by atoms with Gasteiger partial charge in [0.2, 0.25) is 5.88 Å². The van der Waals surface area contributed by atoms with Crippen molar-refractivity contribution < 1.29 is 14.6 Å². The van der Waals surface area contributed by atoms with E-state index in [1.807, 2.05) is 42.9 Å². The molecule has 0 saturated carbocycles. The van der Waals surface area contributed by atoms with Gasteiger partial charge in [-0.3, -0.25) is 9.25 Å². The maximum Gasteiger partial charge on any atom is 0.256 e. The summed E-state index contributed by atoms with van der Waals surface area (Å²) in [6, 6.07) is 5.54. The number of aryl methyl sites for hydroxylation is 2. The summed E-state index contributed by atoms with van der Waals surface area (Å²) in [7, 11) is 3.11. The molecule has 0 aliphatic heterocycles. The van der Waals surface area contributed by atoms with E-state index in [-0.39, 0.29) is 5.88 Å². The van der Waals surface area contributed by atoms with Crippen LogP contribution in [-0.2, 0) is 6.54 Å². The molecule has 28 heavy (non-hydrogen) atoms. The summed E-state index contributed by atoms with van der Waals surface area (Å²) in [4.78, 5) is 9.04. The number of aromatic hydroxyl groups is 1. The van der Waals surface area contributed by atoms with Crippen LogP contribution in [0, 0.1) is 6.92 Å². The first-order chi connectivity index (χ1) is 13.6. The van der Waals surface area contributed by atoms with Gasteiger partial charge in [-0.05, 0) is 32.0 Å². The Morgan fingerprint density at radius 3 is 2.64 bits per heavy atom. The van der Waals surface area contributed by atoms with Gasteiger partial charge in [0, 0.05) is 30.2 Å². The summed E-state index contributed by atoms with van der Waals surface area (Å²) < 4.78 is 14.1. The smallest absolute Gasteiger partial charge is 0.256 e. The van der Waals surface area contributed by atoms with Crippen LogP contribution in [0.2, 0.25) is 0 Å². The quantitative estimate of drug-likeness (QED) is 0.572. The first-order valence-electron chi connectivity index (χ1n) is 8.89. The van der Waals surface area contributed by atoms with Gasteiger partial charge < -0.3 is 14.6 Å². The number of fused-ring (bicyclic) bond motifs is 1. The van der Waals surface area contributed by atoms with Crippen LogP contribution in [0.3, 0.4) is 0 Å². The number of methoxy groups -OCH3 is 2. The number of ether oxygens (including phenoxy) is 2. The molecule has 144 valence electrons. The van der Waals surface area contributed by atoms with Crippen LogP contribution in [0.4, 0.5) is 0 Å². The zero-order valence-corrected chi connectivity index (χ0v) is 16.2. The molecule has 0 aromatic carbocycles. The molecule has 4 rings (SSSR count). The first-order valence-corrected chi connectivity index (χ1v) is 8.89. The van der Waals surface area contributed by atoms with Crippen molar-refractivity contribution in [1.82, 2.24) is 24.3 Å². The Balaban J connectivity index is 1.85. The highest BCUT2D eigenvalue weighted by atomic mass is 16.5. The number of nitrogens with zero attached hydrogens (tertiary/aromatic N) is 5. The highest BCUT2D eigenvalue weighted by molar-refractivity contribution is 5.90. The van der Waals surface area contributed by atoms with E-state index in [0.29, 0.717) is 22.5 Å². The number of aromatic nitrogens is 5. The Kier molecular flexibility index (Phi) is 4.38. The zero-order valence-electron chi connectivity index (χ0n) is 16.2. The van der Waals surface area contributed by atoms with Crippen LogP contribution in [0.25, 0.3) is 27.8 Å². The first kappa shape index (κ1) is 17.8. The van der Waals surface area contributed by atoms with Crippen molar-refractivity contribution in [3.63, 3.8) is 0 Å². The summed E-state index contributed by atoms with van der Waals surface area (Å²) in [6.45, 7) is 4.70. The maximum atomic E-state index is 10.8. The van der Waals surface area contributed by atoms with Gasteiger partial charge in [0.15, 0.2) is 5.75 Å². The molecule has 4 heterocycles. The molecule has 0 aliphatic carbocycles. The predicted octanol–water partition coefficient (Wildman–Crippen LogP) is 3.34. The molecule has 0 spiro atoms. The van der Waals surface area contributed by atoms with Gasteiger partial charge in [-0.1, -0.05) is 0 Å².